The molecule has 6 heteroatoms. The summed E-state index contributed by atoms with van der Waals surface area (Å²) in [5.74, 6) is -1.21. The monoisotopic (exact) mass is 375 g/mol. The van der Waals surface area contributed by atoms with Gasteiger partial charge in [-0.15, -0.1) is 0 Å². The molecule has 0 unspecified atom stereocenters. The fraction of sp³-hybridized carbons (Fsp3) is 0.476. The second kappa shape index (κ2) is 11.2. The first-order valence-corrected chi connectivity index (χ1v) is 9.15. The summed E-state index contributed by atoms with van der Waals surface area (Å²) in [7, 11) is 0. The minimum atomic E-state index is -0.777. The number of nitrogens with one attached hydrogen (secondary N) is 1. The summed E-state index contributed by atoms with van der Waals surface area (Å²) in [5, 5.41) is 2.89. The number of amides is 1. The fourth-order valence-electron chi connectivity index (χ4n) is 2.45. The van der Waals surface area contributed by atoms with Gasteiger partial charge in [-0.2, -0.15) is 0 Å². The Morgan fingerprint density at radius 1 is 0.926 bits per heavy atom. The molecule has 148 valence electrons. The molecule has 0 saturated heterocycles. The molecule has 0 spiro atoms. The Labute approximate surface area is 160 Å². The Kier molecular flexibility index (Phi) is 9.26. The number of hydrogen-bond acceptors (Lipinski definition) is 5. The first-order chi connectivity index (χ1) is 12.7. The van der Waals surface area contributed by atoms with Crippen LogP contribution in [0, 0.1) is 5.92 Å². The summed E-state index contributed by atoms with van der Waals surface area (Å²) < 4.78 is 9.51. The first kappa shape index (κ1) is 22.4. The lowest BCUT2D eigenvalue weighted by Crippen LogP contribution is -2.34. The van der Waals surface area contributed by atoms with Crippen molar-refractivity contribution in [1.29, 1.82) is 0 Å². The molecule has 0 fully saturated rings. The highest BCUT2D eigenvalue weighted by Gasteiger charge is 2.19. The highest BCUT2D eigenvalue weighted by molar-refractivity contribution is 5.92. The van der Waals surface area contributed by atoms with Crippen LogP contribution in [0.25, 0.3) is 0 Å². The Morgan fingerprint density at radius 3 is 1.93 bits per heavy atom. The van der Waals surface area contributed by atoms with Gasteiger partial charge in [-0.05, 0) is 29.9 Å². The molecule has 0 aliphatic rings. The average Bonchev–Trinajstić information content (AvgIpc) is 2.62. The zero-order valence-electron chi connectivity index (χ0n) is 16.7. The van der Waals surface area contributed by atoms with Crippen molar-refractivity contribution in [3.8, 4) is 0 Å². The van der Waals surface area contributed by atoms with Crippen LogP contribution in [0.4, 0.5) is 0 Å². The van der Waals surface area contributed by atoms with Gasteiger partial charge in [0.05, 0.1) is 12.6 Å². The quantitative estimate of drug-likeness (QED) is 0.529. The van der Waals surface area contributed by atoms with E-state index in [0.29, 0.717) is 5.92 Å². The van der Waals surface area contributed by atoms with Crippen molar-refractivity contribution in [3.63, 3.8) is 0 Å². The predicted octanol–water partition coefficient (Wildman–Crippen LogP) is 3.29. The van der Waals surface area contributed by atoms with E-state index >= 15 is 0 Å². The molecule has 1 atom stereocenters. The number of rotatable bonds is 9. The maximum atomic E-state index is 12.1. The molecular formula is C21H29NO5. The van der Waals surface area contributed by atoms with Gasteiger partial charge in [-0.25, -0.2) is 9.59 Å². The van der Waals surface area contributed by atoms with Gasteiger partial charge >= 0.3 is 11.9 Å². The third-order valence-corrected chi connectivity index (χ3v) is 3.93. The molecule has 0 bridgehead atoms. The minimum Gasteiger partial charge on any atom is -0.463 e. The van der Waals surface area contributed by atoms with Crippen LogP contribution < -0.4 is 5.32 Å². The molecule has 6 nitrogen and oxygen atoms in total. The summed E-state index contributed by atoms with van der Waals surface area (Å²) in [6.45, 7) is 9.73. The number of carbonyl (C=O) groups excluding carboxylic acids is 3. The van der Waals surface area contributed by atoms with Crippen LogP contribution in [0.1, 0.15) is 57.7 Å². The van der Waals surface area contributed by atoms with Gasteiger partial charge in [-0.3, -0.25) is 4.79 Å². The molecule has 0 aliphatic heterocycles. The smallest absolute Gasteiger partial charge is 0.331 e. The van der Waals surface area contributed by atoms with Gasteiger partial charge in [0.2, 0.25) is 0 Å². The Bertz CT molecular complexity index is 662. The average molecular weight is 375 g/mol. The SMILES string of the molecule is CCOC(=O)/C=C/C(=O)OCC(=O)N[C@H](c1ccc(C(C)C)cc1)C(C)C. The van der Waals surface area contributed by atoms with E-state index in [1.165, 1.54) is 5.56 Å². The van der Waals surface area contributed by atoms with Crippen molar-refractivity contribution in [3.05, 3.63) is 47.5 Å². The van der Waals surface area contributed by atoms with Gasteiger partial charge in [0.1, 0.15) is 0 Å². The highest BCUT2D eigenvalue weighted by Crippen LogP contribution is 2.24. The number of hydrogen-bond donors (Lipinski definition) is 1. The number of esters is 2. The Morgan fingerprint density at radius 2 is 1.44 bits per heavy atom. The first-order valence-electron chi connectivity index (χ1n) is 9.15. The zero-order chi connectivity index (χ0) is 20.4. The molecule has 0 radical (unpaired) electrons. The third-order valence-electron chi connectivity index (χ3n) is 3.93. The van der Waals surface area contributed by atoms with Crippen molar-refractivity contribution < 1.29 is 23.9 Å². The number of carbonyl (C=O) groups is 3. The predicted molar refractivity (Wildman–Crippen MR) is 103 cm³/mol. The van der Waals surface area contributed by atoms with E-state index in [9.17, 15) is 14.4 Å². The van der Waals surface area contributed by atoms with Gasteiger partial charge in [-0.1, -0.05) is 52.0 Å². The van der Waals surface area contributed by atoms with E-state index in [-0.39, 0.29) is 18.6 Å². The highest BCUT2D eigenvalue weighted by atomic mass is 16.5. The second-order valence-electron chi connectivity index (χ2n) is 6.80. The third kappa shape index (κ3) is 8.07. The Hall–Kier alpha value is -2.63. The van der Waals surface area contributed by atoms with Crippen LogP contribution in [0.2, 0.25) is 0 Å². The second-order valence-corrected chi connectivity index (χ2v) is 6.80. The van der Waals surface area contributed by atoms with Crippen LogP contribution >= 0.6 is 0 Å². The number of ether oxygens (including phenoxy) is 2. The van der Waals surface area contributed by atoms with Gasteiger partial charge in [0.25, 0.3) is 5.91 Å². The van der Waals surface area contributed by atoms with Crippen LogP contribution in [-0.4, -0.2) is 31.1 Å². The topological polar surface area (TPSA) is 81.7 Å². The molecule has 0 aliphatic carbocycles. The maximum absolute atomic E-state index is 12.1. The molecular weight excluding hydrogens is 346 g/mol. The van der Waals surface area contributed by atoms with Gasteiger partial charge < -0.3 is 14.8 Å². The van der Waals surface area contributed by atoms with Crippen LogP contribution in [0.5, 0.6) is 0 Å². The van der Waals surface area contributed by atoms with Crippen LogP contribution in [0.3, 0.4) is 0 Å². The van der Waals surface area contributed by atoms with E-state index in [4.69, 9.17) is 4.74 Å². The standard InChI is InChI=1S/C21H29NO5/c1-6-26-19(24)11-12-20(25)27-13-18(23)22-21(15(4)5)17-9-7-16(8-10-17)14(2)3/h7-12,14-15,21H,6,13H2,1-5H3,(H,22,23)/b12-11+/t21-/m0/s1. The van der Waals surface area contributed by atoms with E-state index in [1.54, 1.807) is 6.92 Å². The molecule has 27 heavy (non-hydrogen) atoms. The lowest BCUT2D eigenvalue weighted by molar-refractivity contribution is -0.144. The summed E-state index contributed by atoms with van der Waals surface area (Å²) in [6, 6.07) is 7.94. The van der Waals surface area contributed by atoms with E-state index < -0.39 is 24.5 Å². The molecule has 0 saturated carbocycles. The molecule has 0 heterocycles. The molecule has 1 amide bonds. The van der Waals surface area contributed by atoms with E-state index in [2.05, 4.69) is 36.0 Å². The minimum absolute atomic E-state index is 0.165. The lowest BCUT2D eigenvalue weighted by Gasteiger charge is -2.23. The van der Waals surface area contributed by atoms with Crippen molar-refractivity contribution in [1.82, 2.24) is 5.32 Å². The summed E-state index contributed by atoms with van der Waals surface area (Å²) >= 11 is 0. The lowest BCUT2D eigenvalue weighted by atomic mass is 9.93. The molecule has 1 rings (SSSR count). The van der Waals surface area contributed by atoms with Gasteiger partial charge in [0.15, 0.2) is 6.61 Å². The normalized spacial score (nSPS) is 12.3. The maximum Gasteiger partial charge on any atom is 0.331 e. The van der Waals surface area contributed by atoms with Gasteiger partial charge in [0, 0.05) is 12.2 Å². The largest absolute Gasteiger partial charge is 0.463 e. The number of benzene rings is 1. The summed E-state index contributed by atoms with van der Waals surface area (Å²) in [4.78, 5) is 34.8. The summed E-state index contributed by atoms with van der Waals surface area (Å²) in [6.07, 6.45) is 1.91. The van der Waals surface area contributed by atoms with Crippen LogP contribution in [0.15, 0.2) is 36.4 Å². The van der Waals surface area contributed by atoms with E-state index in [1.807, 2.05) is 26.0 Å². The summed E-state index contributed by atoms with van der Waals surface area (Å²) in [5.41, 5.74) is 2.23. The molecule has 1 aromatic rings. The molecule has 0 aromatic heterocycles. The van der Waals surface area contributed by atoms with Crippen LogP contribution in [-0.2, 0) is 23.9 Å². The zero-order valence-corrected chi connectivity index (χ0v) is 16.7. The van der Waals surface area contributed by atoms with Crippen molar-refractivity contribution >= 4 is 17.8 Å². The van der Waals surface area contributed by atoms with Crippen molar-refractivity contribution in [2.24, 2.45) is 5.92 Å². The molecule has 1 N–H and O–H groups in total. The van der Waals surface area contributed by atoms with E-state index in [0.717, 1.165) is 17.7 Å². The van der Waals surface area contributed by atoms with Crippen molar-refractivity contribution in [2.45, 2.75) is 46.6 Å². The van der Waals surface area contributed by atoms with Crippen molar-refractivity contribution in [2.75, 3.05) is 13.2 Å². The fourth-order valence-corrected chi connectivity index (χ4v) is 2.45. The Balaban J connectivity index is 2.61. The molecule has 1 aromatic carbocycles.